The second kappa shape index (κ2) is 5.59. The zero-order valence-corrected chi connectivity index (χ0v) is 11.6. The lowest BCUT2D eigenvalue weighted by Crippen LogP contribution is -2.30. The highest BCUT2D eigenvalue weighted by Gasteiger charge is 2.16. The first-order valence-electron chi connectivity index (χ1n) is 6.66. The molecule has 0 radical (unpaired) electrons. The summed E-state index contributed by atoms with van der Waals surface area (Å²) >= 11 is 0. The van der Waals surface area contributed by atoms with Crippen molar-refractivity contribution >= 4 is 11.0 Å². The topological polar surface area (TPSA) is 68.8 Å². The van der Waals surface area contributed by atoms with Gasteiger partial charge in [-0.2, -0.15) is 0 Å². The number of para-hydroxylation sites is 2. The first kappa shape index (κ1) is 13.7. The van der Waals surface area contributed by atoms with Crippen LogP contribution in [0.5, 0.6) is 0 Å². The van der Waals surface area contributed by atoms with Crippen LogP contribution < -0.4 is 11.3 Å². The zero-order chi connectivity index (χ0) is 14.8. The molecule has 2 heterocycles. The van der Waals surface area contributed by atoms with Crippen molar-refractivity contribution in [3.63, 3.8) is 0 Å². The Balaban J connectivity index is 1.94. The molecule has 0 saturated heterocycles. The Bertz CT molecular complexity index is 768. The number of imidazole rings is 1. The van der Waals surface area contributed by atoms with E-state index in [-0.39, 0.29) is 11.9 Å². The van der Waals surface area contributed by atoms with Gasteiger partial charge in [-0.3, -0.25) is 16.3 Å². The third-order valence-electron chi connectivity index (χ3n) is 3.60. The molecule has 0 amide bonds. The predicted molar refractivity (Wildman–Crippen MR) is 78.7 cm³/mol. The third kappa shape index (κ3) is 2.63. The van der Waals surface area contributed by atoms with Crippen LogP contribution in [0.1, 0.15) is 17.4 Å². The number of halogens is 1. The lowest BCUT2D eigenvalue weighted by Gasteiger charge is -2.15. The van der Waals surface area contributed by atoms with Crippen LogP contribution in [-0.4, -0.2) is 14.5 Å². The molecular weight excluding hydrogens is 269 g/mol. The van der Waals surface area contributed by atoms with Gasteiger partial charge in [0.25, 0.3) is 0 Å². The summed E-state index contributed by atoms with van der Waals surface area (Å²) in [5, 5.41) is 0. The van der Waals surface area contributed by atoms with Gasteiger partial charge in [-0.1, -0.05) is 12.1 Å². The smallest absolute Gasteiger partial charge is 0.141 e. The molecule has 3 rings (SSSR count). The monoisotopic (exact) mass is 285 g/mol. The van der Waals surface area contributed by atoms with E-state index in [1.54, 1.807) is 6.20 Å². The Morgan fingerprint density at radius 1 is 1.33 bits per heavy atom. The molecule has 0 aliphatic carbocycles. The zero-order valence-electron chi connectivity index (χ0n) is 11.6. The first-order valence-corrected chi connectivity index (χ1v) is 6.66. The molecule has 6 heteroatoms. The van der Waals surface area contributed by atoms with E-state index < -0.39 is 0 Å². The molecule has 0 spiro atoms. The number of hydrogen-bond donors (Lipinski definition) is 2. The van der Waals surface area contributed by atoms with Gasteiger partial charge in [0.2, 0.25) is 0 Å². The van der Waals surface area contributed by atoms with E-state index in [9.17, 15) is 4.39 Å². The molecule has 0 saturated carbocycles. The van der Waals surface area contributed by atoms with E-state index in [0.29, 0.717) is 12.0 Å². The van der Waals surface area contributed by atoms with E-state index in [0.717, 1.165) is 16.9 Å². The van der Waals surface area contributed by atoms with E-state index >= 15 is 0 Å². The van der Waals surface area contributed by atoms with E-state index in [2.05, 4.69) is 15.4 Å². The highest BCUT2D eigenvalue weighted by atomic mass is 19.1. The van der Waals surface area contributed by atoms with Crippen LogP contribution >= 0.6 is 0 Å². The van der Waals surface area contributed by atoms with Gasteiger partial charge < -0.3 is 4.57 Å². The minimum Gasteiger partial charge on any atom is -0.331 e. The molecule has 0 aliphatic rings. The lowest BCUT2D eigenvalue weighted by atomic mass is 10.1. The molecule has 2 aromatic heterocycles. The molecule has 21 heavy (non-hydrogen) atoms. The molecule has 3 N–H and O–H groups in total. The summed E-state index contributed by atoms with van der Waals surface area (Å²) < 4.78 is 15.3. The highest BCUT2D eigenvalue weighted by molar-refractivity contribution is 5.75. The number of nitrogens with two attached hydrogens (primary N) is 1. The Labute approximate surface area is 121 Å². The second-order valence-corrected chi connectivity index (χ2v) is 4.94. The Morgan fingerprint density at radius 3 is 2.86 bits per heavy atom. The van der Waals surface area contributed by atoms with Gasteiger partial charge in [0, 0.05) is 19.7 Å². The molecule has 5 nitrogen and oxygen atoms in total. The number of rotatable bonds is 4. The maximum absolute atomic E-state index is 13.3. The quantitative estimate of drug-likeness (QED) is 0.567. The summed E-state index contributed by atoms with van der Waals surface area (Å²) in [5.74, 6) is 6.11. The molecule has 0 aliphatic heterocycles. The Morgan fingerprint density at radius 2 is 2.14 bits per heavy atom. The SMILES string of the molecule is Cn1c(CC(NN)c2cncc(F)c2)nc2ccccc21. The first-order chi connectivity index (χ1) is 10.2. The van der Waals surface area contributed by atoms with E-state index in [1.165, 1.54) is 12.3 Å². The van der Waals surface area contributed by atoms with Crippen molar-refractivity contribution in [2.75, 3.05) is 0 Å². The van der Waals surface area contributed by atoms with E-state index in [4.69, 9.17) is 5.84 Å². The van der Waals surface area contributed by atoms with E-state index in [1.807, 2.05) is 35.9 Å². The summed E-state index contributed by atoms with van der Waals surface area (Å²) in [4.78, 5) is 8.46. The third-order valence-corrected chi connectivity index (χ3v) is 3.60. The van der Waals surface area contributed by atoms with Gasteiger partial charge in [0.15, 0.2) is 0 Å². The molecule has 1 atom stereocenters. The molecule has 1 aromatic carbocycles. The maximum atomic E-state index is 13.3. The summed E-state index contributed by atoms with van der Waals surface area (Å²) in [6.07, 6.45) is 3.33. The number of aryl methyl sites for hydroxylation is 1. The summed E-state index contributed by atoms with van der Waals surface area (Å²) in [7, 11) is 1.96. The molecule has 0 fully saturated rings. The summed E-state index contributed by atoms with van der Waals surface area (Å²) in [6.45, 7) is 0. The van der Waals surface area contributed by atoms with Gasteiger partial charge >= 0.3 is 0 Å². The number of fused-ring (bicyclic) bond motifs is 1. The van der Waals surface area contributed by atoms with Crippen molar-refractivity contribution in [3.8, 4) is 0 Å². The molecule has 108 valence electrons. The molecular formula is C15H16FN5. The largest absolute Gasteiger partial charge is 0.331 e. The number of nitrogens with zero attached hydrogens (tertiary/aromatic N) is 3. The number of hydrazine groups is 1. The number of hydrogen-bond acceptors (Lipinski definition) is 4. The minimum absolute atomic E-state index is 0.247. The fourth-order valence-electron chi connectivity index (χ4n) is 2.45. The highest BCUT2D eigenvalue weighted by Crippen LogP contribution is 2.20. The Hall–Kier alpha value is -2.31. The molecule has 3 aromatic rings. The van der Waals surface area contributed by atoms with Gasteiger partial charge in [0.1, 0.15) is 11.6 Å². The fraction of sp³-hybridized carbons (Fsp3) is 0.200. The average molecular weight is 285 g/mol. The summed E-state index contributed by atoms with van der Waals surface area (Å²) in [6, 6.07) is 9.09. The van der Waals surface area contributed by atoms with Crippen molar-refractivity contribution in [2.45, 2.75) is 12.5 Å². The minimum atomic E-state index is -0.377. The molecule has 0 bridgehead atoms. The number of aromatic nitrogens is 3. The van der Waals surface area contributed by atoms with Gasteiger partial charge in [0.05, 0.1) is 23.3 Å². The lowest BCUT2D eigenvalue weighted by molar-refractivity contribution is 0.523. The van der Waals surface area contributed by atoms with Gasteiger partial charge in [-0.05, 0) is 23.8 Å². The van der Waals surface area contributed by atoms with Crippen LogP contribution in [0, 0.1) is 5.82 Å². The number of nitrogens with one attached hydrogen (secondary N) is 1. The maximum Gasteiger partial charge on any atom is 0.141 e. The van der Waals surface area contributed by atoms with Gasteiger partial charge in [-0.15, -0.1) is 0 Å². The van der Waals surface area contributed by atoms with Crippen molar-refractivity contribution < 1.29 is 4.39 Å². The van der Waals surface area contributed by atoms with Crippen molar-refractivity contribution in [1.82, 2.24) is 20.0 Å². The van der Waals surface area contributed by atoms with Crippen molar-refractivity contribution in [3.05, 3.63) is 59.9 Å². The summed E-state index contributed by atoms with van der Waals surface area (Å²) in [5.41, 5.74) is 5.39. The van der Waals surface area contributed by atoms with Crippen LogP contribution in [0.15, 0.2) is 42.7 Å². The molecule has 1 unspecified atom stereocenters. The normalized spacial score (nSPS) is 12.7. The number of benzene rings is 1. The standard InChI is InChI=1S/C15H16FN5/c1-21-14-5-3-2-4-12(14)19-15(21)7-13(20-17)10-6-11(16)9-18-8-10/h2-6,8-9,13,20H,7,17H2,1H3. The van der Waals surface area contributed by atoms with Crippen molar-refractivity contribution in [1.29, 1.82) is 0 Å². The van der Waals surface area contributed by atoms with Crippen LogP contribution in [0.25, 0.3) is 11.0 Å². The van der Waals surface area contributed by atoms with Crippen LogP contribution in [0.3, 0.4) is 0 Å². The van der Waals surface area contributed by atoms with Gasteiger partial charge in [-0.25, -0.2) is 9.37 Å². The van der Waals surface area contributed by atoms with Crippen LogP contribution in [0.2, 0.25) is 0 Å². The number of pyridine rings is 1. The fourth-order valence-corrected chi connectivity index (χ4v) is 2.45. The predicted octanol–water partition coefficient (Wildman–Crippen LogP) is 1.85. The average Bonchev–Trinajstić information content (AvgIpc) is 2.81. The van der Waals surface area contributed by atoms with Crippen LogP contribution in [0.4, 0.5) is 4.39 Å². The van der Waals surface area contributed by atoms with Crippen LogP contribution in [-0.2, 0) is 13.5 Å². The van der Waals surface area contributed by atoms with Crippen molar-refractivity contribution in [2.24, 2.45) is 12.9 Å². The second-order valence-electron chi connectivity index (χ2n) is 4.94. The Kier molecular flexibility index (Phi) is 3.64.